The quantitative estimate of drug-likeness (QED) is 0.263. The van der Waals surface area contributed by atoms with Gasteiger partial charge in [0.25, 0.3) is 0 Å². The van der Waals surface area contributed by atoms with E-state index in [0.717, 1.165) is 0 Å². The van der Waals surface area contributed by atoms with Crippen molar-refractivity contribution in [3.8, 4) is 0 Å². The Morgan fingerprint density at radius 2 is 1.50 bits per heavy atom. The maximum absolute atomic E-state index is 8.41. The minimum absolute atomic E-state index is 0. The Morgan fingerprint density at radius 3 is 1.50 bits per heavy atom. The maximum atomic E-state index is 8.41. The Balaban J connectivity index is 0. The van der Waals surface area contributed by atoms with E-state index in [4.69, 9.17) is 5.11 Å². The molecule has 0 aliphatic carbocycles. The van der Waals surface area contributed by atoms with Crippen LogP contribution in [0.4, 0.5) is 0 Å². The van der Waals surface area contributed by atoms with E-state index >= 15 is 0 Å². The molecule has 0 aliphatic heterocycles. The SMILES string of the molecule is [CH2-]C(C)(C)O.[Na+]. The average molecular weight is 96.1 g/mol. The van der Waals surface area contributed by atoms with Crippen LogP contribution in [0.15, 0.2) is 0 Å². The van der Waals surface area contributed by atoms with Crippen LogP contribution in [0, 0.1) is 6.92 Å². The van der Waals surface area contributed by atoms with Crippen LogP contribution in [0.3, 0.4) is 0 Å². The minimum Gasteiger partial charge on any atom is -0.423 e. The zero-order valence-electron chi connectivity index (χ0n) is 4.65. The third-order valence-corrected chi connectivity index (χ3v) is 0. The molecule has 6 heavy (non-hydrogen) atoms. The number of hydrogen-bond donors (Lipinski definition) is 1. The van der Waals surface area contributed by atoms with Crippen LogP contribution in [0.1, 0.15) is 13.8 Å². The topological polar surface area (TPSA) is 20.2 Å². The van der Waals surface area contributed by atoms with Gasteiger partial charge in [-0.3, -0.25) is 0 Å². The fraction of sp³-hybridized carbons (Fsp3) is 0.750. The zero-order valence-corrected chi connectivity index (χ0v) is 6.65. The first-order valence-corrected chi connectivity index (χ1v) is 1.58. The van der Waals surface area contributed by atoms with Crippen molar-refractivity contribution in [3.63, 3.8) is 0 Å². The van der Waals surface area contributed by atoms with Crippen LogP contribution >= 0.6 is 0 Å². The predicted octanol–water partition coefficient (Wildman–Crippen LogP) is -2.40. The van der Waals surface area contributed by atoms with Gasteiger partial charge >= 0.3 is 29.6 Å². The molecule has 0 rings (SSSR count). The van der Waals surface area contributed by atoms with E-state index < -0.39 is 5.60 Å². The summed E-state index contributed by atoms with van der Waals surface area (Å²) < 4.78 is 0. The second kappa shape index (κ2) is 3.03. The first-order chi connectivity index (χ1) is 2.00. The summed E-state index contributed by atoms with van der Waals surface area (Å²) in [6.07, 6.45) is 0. The normalized spacial score (nSPS) is 10.0. The second-order valence-corrected chi connectivity index (χ2v) is 1.81. The molecule has 0 unspecified atom stereocenters. The number of hydrogen-bond acceptors (Lipinski definition) is 1. The van der Waals surface area contributed by atoms with Crippen molar-refractivity contribution in [3.05, 3.63) is 6.92 Å². The number of aliphatic hydroxyl groups is 1. The molecule has 0 saturated heterocycles. The van der Waals surface area contributed by atoms with E-state index in [1.165, 1.54) is 0 Å². The molecule has 0 atom stereocenters. The molecule has 1 N–H and O–H groups in total. The minimum atomic E-state index is -0.750. The van der Waals surface area contributed by atoms with E-state index in [1.54, 1.807) is 13.8 Å². The van der Waals surface area contributed by atoms with Crippen LogP contribution in [0.25, 0.3) is 0 Å². The summed E-state index contributed by atoms with van der Waals surface area (Å²) in [7, 11) is 0. The van der Waals surface area contributed by atoms with Gasteiger partial charge in [-0.1, -0.05) is 19.4 Å². The smallest absolute Gasteiger partial charge is 0.423 e. The largest absolute Gasteiger partial charge is 1.00 e. The molecule has 0 spiro atoms. The average Bonchev–Trinajstić information content (AvgIpc) is 0.722. The van der Waals surface area contributed by atoms with E-state index in [0.29, 0.717) is 0 Å². The Bertz CT molecular complexity index is 23.0. The Labute approximate surface area is 61.0 Å². The summed E-state index contributed by atoms with van der Waals surface area (Å²) in [4.78, 5) is 0. The van der Waals surface area contributed by atoms with Crippen molar-refractivity contribution < 1.29 is 34.7 Å². The fourth-order valence-electron chi connectivity index (χ4n) is 0. The molecular weight excluding hydrogens is 87.0 g/mol. The summed E-state index contributed by atoms with van der Waals surface area (Å²) in [5, 5.41) is 8.41. The first-order valence-electron chi connectivity index (χ1n) is 1.58. The van der Waals surface area contributed by atoms with Crippen molar-refractivity contribution in [1.82, 2.24) is 0 Å². The van der Waals surface area contributed by atoms with Crippen molar-refractivity contribution in [2.45, 2.75) is 19.4 Å². The van der Waals surface area contributed by atoms with Crippen LogP contribution in [0.2, 0.25) is 0 Å². The van der Waals surface area contributed by atoms with E-state index in [9.17, 15) is 0 Å². The Morgan fingerprint density at radius 1 is 1.50 bits per heavy atom. The molecular formula is C4H9NaO. The summed E-state index contributed by atoms with van der Waals surface area (Å²) in [6.45, 7) is 6.59. The van der Waals surface area contributed by atoms with Gasteiger partial charge in [0, 0.05) is 0 Å². The van der Waals surface area contributed by atoms with Gasteiger partial charge in [0.2, 0.25) is 0 Å². The summed E-state index contributed by atoms with van der Waals surface area (Å²) >= 11 is 0. The molecule has 0 fully saturated rings. The molecule has 0 radical (unpaired) electrons. The molecule has 0 aliphatic rings. The molecule has 2 heteroatoms. The maximum Gasteiger partial charge on any atom is 1.00 e. The summed E-state index contributed by atoms with van der Waals surface area (Å²) in [5.74, 6) is 0. The molecule has 0 saturated carbocycles. The van der Waals surface area contributed by atoms with Crippen molar-refractivity contribution in [2.75, 3.05) is 0 Å². The Kier molecular flexibility index (Phi) is 5.07. The molecule has 0 amide bonds. The zero-order chi connectivity index (χ0) is 4.50. The van der Waals surface area contributed by atoms with Gasteiger partial charge in [-0.05, 0) is 0 Å². The molecule has 0 aromatic heterocycles. The van der Waals surface area contributed by atoms with Gasteiger partial charge < -0.3 is 12.0 Å². The molecule has 0 aromatic carbocycles. The van der Waals surface area contributed by atoms with Gasteiger partial charge in [-0.2, -0.15) is 0 Å². The van der Waals surface area contributed by atoms with Crippen LogP contribution < -0.4 is 29.6 Å². The first kappa shape index (κ1) is 10.0. The molecule has 32 valence electrons. The van der Waals surface area contributed by atoms with Crippen LogP contribution in [0.5, 0.6) is 0 Å². The fourth-order valence-corrected chi connectivity index (χ4v) is 0. The standard InChI is InChI=1S/C4H9O.Na/c1-4(2,3)5;/h5H,1H2,2-3H3;/q-1;+1. The molecule has 0 bridgehead atoms. The van der Waals surface area contributed by atoms with Gasteiger partial charge in [-0.15, -0.1) is 0 Å². The molecule has 1 nitrogen and oxygen atoms in total. The monoisotopic (exact) mass is 96.1 g/mol. The summed E-state index contributed by atoms with van der Waals surface area (Å²) in [5.41, 5.74) is -0.750. The van der Waals surface area contributed by atoms with Gasteiger partial charge in [-0.25, -0.2) is 0 Å². The van der Waals surface area contributed by atoms with Gasteiger partial charge in [0.05, 0.1) is 0 Å². The molecule has 0 heterocycles. The van der Waals surface area contributed by atoms with Crippen molar-refractivity contribution in [1.29, 1.82) is 0 Å². The van der Waals surface area contributed by atoms with Crippen LogP contribution in [-0.2, 0) is 0 Å². The Hall–Kier alpha value is 0.960. The van der Waals surface area contributed by atoms with Gasteiger partial charge in [0.1, 0.15) is 0 Å². The summed E-state index contributed by atoms with van der Waals surface area (Å²) in [6, 6.07) is 0. The predicted molar refractivity (Wildman–Crippen MR) is 21.7 cm³/mol. The third kappa shape index (κ3) is 84.4. The third-order valence-electron chi connectivity index (χ3n) is 0. The number of rotatable bonds is 0. The van der Waals surface area contributed by atoms with E-state index in [1.807, 2.05) is 0 Å². The van der Waals surface area contributed by atoms with Gasteiger partial charge in [0.15, 0.2) is 0 Å². The molecule has 0 aromatic rings. The van der Waals surface area contributed by atoms with E-state index in [-0.39, 0.29) is 29.6 Å². The van der Waals surface area contributed by atoms with E-state index in [2.05, 4.69) is 6.92 Å². The van der Waals surface area contributed by atoms with Crippen LogP contribution in [-0.4, -0.2) is 10.7 Å². The second-order valence-electron chi connectivity index (χ2n) is 1.81. The van der Waals surface area contributed by atoms with Crippen molar-refractivity contribution in [2.24, 2.45) is 0 Å². The van der Waals surface area contributed by atoms with Crippen molar-refractivity contribution >= 4 is 0 Å².